The fraction of sp³-hybridized carbons (Fsp3) is 0.304. The highest BCUT2D eigenvalue weighted by molar-refractivity contribution is 5.96. The molecular formula is C23H24N4O2. The van der Waals surface area contributed by atoms with Crippen molar-refractivity contribution in [2.75, 3.05) is 18.6 Å². The summed E-state index contributed by atoms with van der Waals surface area (Å²) < 4.78 is 5.37. The molecule has 2 aromatic carbocycles. The Morgan fingerprint density at radius 1 is 1.14 bits per heavy atom. The molecule has 1 saturated heterocycles. The van der Waals surface area contributed by atoms with E-state index in [0.29, 0.717) is 0 Å². The third kappa shape index (κ3) is 2.95. The number of H-pyrrole nitrogens is 1. The monoisotopic (exact) mass is 388 g/mol. The smallest absolute Gasteiger partial charge is 0.325 e. The summed E-state index contributed by atoms with van der Waals surface area (Å²) in [5.41, 5.74) is 4.10. The van der Waals surface area contributed by atoms with Gasteiger partial charge in [-0.1, -0.05) is 24.3 Å². The molecule has 1 spiro atoms. The van der Waals surface area contributed by atoms with Crippen molar-refractivity contribution >= 4 is 11.7 Å². The number of methoxy groups -OCH3 is 1. The number of aromatic amines is 1. The Hall–Kier alpha value is -3.28. The summed E-state index contributed by atoms with van der Waals surface area (Å²) in [5.74, 6) is 0.817. The minimum absolute atomic E-state index is 0.00435. The molecular weight excluding hydrogens is 364 g/mol. The number of rotatable bonds is 5. The molecule has 29 heavy (non-hydrogen) atoms. The first-order chi connectivity index (χ1) is 14.1. The molecule has 2 amide bonds. The second-order valence-corrected chi connectivity index (χ2v) is 7.95. The number of ether oxygens (including phenoxy) is 1. The molecule has 6 nitrogen and oxygen atoms in total. The average molecular weight is 388 g/mol. The van der Waals surface area contributed by atoms with E-state index in [1.54, 1.807) is 13.3 Å². The number of amides is 2. The molecule has 6 heteroatoms. The van der Waals surface area contributed by atoms with Crippen LogP contribution in [-0.2, 0) is 0 Å². The van der Waals surface area contributed by atoms with Crippen LogP contribution >= 0.6 is 0 Å². The summed E-state index contributed by atoms with van der Waals surface area (Å²) in [7, 11) is 1.67. The maximum atomic E-state index is 13.5. The Kier molecular flexibility index (Phi) is 4.08. The normalized spacial score (nSPS) is 18.3. The van der Waals surface area contributed by atoms with Gasteiger partial charge in [0.15, 0.2) is 0 Å². The van der Waals surface area contributed by atoms with Crippen LogP contribution in [0.1, 0.15) is 31.4 Å². The summed E-state index contributed by atoms with van der Waals surface area (Å²) in [6.07, 6.45) is 5.77. The van der Waals surface area contributed by atoms with Gasteiger partial charge >= 0.3 is 6.03 Å². The molecule has 5 rings (SSSR count). The van der Waals surface area contributed by atoms with E-state index in [-0.39, 0.29) is 17.6 Å². The highest BCUT2D eigenvalue weighted by Crippen LogP contribution is 2.51. The van der Waals surface area contributed by atoms with Gasteiger partial charge in [-0.15, -0.1) is 0 Å². The van der Waals surface area contributed by atoms with Crippen LogP contribution in [0.3, 0.4) is 0 Å². The van der Waals surface area contributed by atoms with Crippen molar-refractivity contribution in [2.24, 2.45) is 0 Å². The van der Waals surface area contributed by atoms with Crippen LogP contribution in [0.25, 0.3) is 11.1 Å². The number of aromatic nitrogens is 2. The van der Waals surface area contributed by atoms with Crippen molar-refractivity contribution in [3.8, 4) is 16.9 Å². The number of hydrogen-bond donors (Lipinski definition) is 1. The van der Waals surface area contributed by atoms with E-state index in [1.165, 1.54) is 0 Å². The molecule has 1 atom stereocenters. The molecule has 3 aromatic rings. The van der Waals surface area contributed by atoms with Crippen LogP contribution in [0.15, 0.2) is 60.9 Å². The second kappa shape index (κ2) is 6.65. The number of carbonyl (C=O) groups is 1. The van der Waals surface area contributed by atoms with Crippen LogP contribution in [0.5, 0.6) is 5.75 Å². The van der Waals surface area contributed by atoms with Crippen molar-refractivity contribution in [1.82, 2.24) is 15.1 Å². The Morgan fingerprint density at radius 2 is 1.93 bits per heavy atom. The van der Waals surface area contributed by atoms with Crippen molar-refractivity contribution in [3.05, 3.63) is 66.5 Å². The van der Waals surface area contributed by atoms with Gasteiger partial charge < -0.3 is 9.64 Å². The SMILES string of the molecule is COc1cccc([C@@H](C)N2C(=O)N(c3ccc(-c4cn[nH]c4)cc3)CC23CC3)c1. The van der Waals surface area contributed by atoms with E-state index in [9.17, 15) is 4.79 Å². The minimum Gasteiger partial charge on any atom is -0.497 e. The highest BCUT2D eigenvalue weighted by atomic mass is 16.5. The highest BCUT2D eigenvalue weighted by Gasteiger charge is 2.59. The number of carbonyl (C=O) groups excluding carboxylic acids is 1. The molecule has 2 heterocycles. The fourth-order valence-corrected chi connectivity index (χ4v) is 4.39. The maximum Gasteiger partial charge on any atom is 0.325 e. The molecule has 1 N–H and O–H groups in total. The first-order valence-corrected chi connectivity index (χ1v) is 9.95. The average Bonchev–Trinajstić information content (AvgIpc) is 3.20. The summed E-state index contributed by atoms with van der Waals surface area (Å²) >= 11 is 0. The predicted octanol–water partition coefficient (Wildman–Crippen LogP) is 4.62. The summed E-state index contributed by atoms with van der Waals surface area (Å²) in [4.78, 5) is 17.4. The first-order valence-electron chi connectivity index (χ1n) is 9.95. The largest absolute Gasteiger partial charge is 0.497 e. The second-order valence-electron chi connectivity index (χ2n) is 7.95. The van der Waals surface area contributed by atoms with E-state index in [2.05, 4.69) is 28.1 Å². The van der Waals surface area contributed by atoms with E-state index in [0.717, 1.165) is 47.5 Å². The lowest BCUT2D eigenvalue weighted by molar-refractivity contribution is 0.175. The van der Waals surface area contributed by atoms with Gasteiger partial charge in [-0.25, -0.2) is 4.79 Å². The molecule has 1 aliphatic heterocycles. The number of hydrogen-bond acceptors (Lipinski definition) is 3. The van der Waals surface area contributed by atoms with E-state index in [4.69, 9.17) is 4.74 Å². The van der Waals surface area contributed by atoms with E-state index in [1.807, 2.05) is 53.6 Å². The maximum absolute atomic E-state index is 13.5. The molecule has 2 fully saturated rings. The topological polar surface area (TPSA) is 61.5 Å². The van der Waals surface area contributed by atoms with Gasteiger partial charge in [0.05, 0.1) is 31.4 Å². The third-order valence-corrected chi connectivity index (χ3v) is 6.20. The van der Waals surface area contributed by atoms with Crippen molar-refractivity contribution in [2.45, 2.75) is 31.3 Å². The van der Waals surface area contributed by atoms with Crippen molar-refractivity contribution < 1.29 is 9.53 Å². The van der Waals surface area contributed by atoms with Crippen LogP contribution in [0, 0.1) is 0 Å². The van der Waals surface area contributed by atoms with Gasteiger partial charge in [0, 0.05) is 17.4 Å². The lowest BCUT2D eigenvalue weighted by Gasteiger charge is -2.30. The summed E-state index contributed by atoms with van der Waals surface area (Å²) in [6.45, 7) is 2.85. The van der Waals surface area contributed by atoms with Crippen molar-refractivity contribution in [3.63, 3.8) is 0 Å². The van der Waals surface area contributed by atoms with Gasteiger partial charge in [0.1, 0.15) is 5.75 Å². The molecule has 2 aliphatic rings. The van der Waals surface area contributed by atoms with Gasteiger partial charge in [-0.2, -0.15) is 5.10 Å². The van der Waals surface area contributed by atoms with E-state index >= 15 is 0 Å². The molecule has 1 aromatic heterocycles. The van der Waals surface area contributed by atoms with Crippen molar-refractivity contribution in [1.29, 1.82) is 0 Å². The summed E-state index contributed by atoms with van der Waals surface area (Å²) in [5, 5.41) is 6.84. The number of nitrogens with one attached hydrogen (secondary N) is 1. The van der Waals surface area contributed by atoms with Gasteiger partial charge in [0.2, 0.25) is 0 Å². The zero-order valence-corrected chi connectivity index (χ0v) is 16.6. The number of benzene rings is 2. The fourth-order valence-electron chi connectivity index (χ4n) is 4.39. The Morgan fingerprint density at radius 3 is 2.59 bits per heavy atom. The molecule has 1 saturated carbocycles. The quantitative estimate of drug-likeness (QED) is 0.694. The van der Waals surface area contributed by atoms with Crippen LogP contribution in [0.2, 0.25) is 0 Å². The van der Waals surface area contributed by atoms with Crippen LogP contribution in [0.4, 0.5) is 10.5 Å². The predicted molar refractivity (Wildman–Crippen MR) is 112 cm³/mol. The Bertz CT molecular complexity index is 1030. The van der Waals surface area contributed by atoms with Gasteiger partial charge in [0.25, 0.3) is 0 Å². The zero-order valence-electron chi connectivity index (χ0n) is 16.6. The van der Waals surface area contributed by atoms with Gasteiger partial charge in [-0.3, -0.25) is 10.00 Å². The van der Waals surface area contributed by atoms with Crippen LogP contribution < -0.4 is 9.64 Å². The third-order valence-electron chi connectivity index (χ3n) is 6.20. The molecule has 0 unspecified atom stereocenters. The number of nitrogens with zero attached hydrogens (tertiary/aromatic N) is 3. The summed E-state index contributed by atoms with van der Waals surface area (Å²) in [6, 6.07) is 16.2. The molecule has 148 valence electrons. The minimum atomic E-state index is -0.0528. The number of urea groups is 1. The molecule has 0 bridgehead atoms. The first kappa shape index (κ1) is 17.8. The van der Waals surface area contributed by atoms with E-state index < -0.39 is 0 Å². The molecule has 0 radical (unpaired) electrons. The standard InChI is InChI=1S/C23H24N4O2/c1-16(18-4-3-5-21(12-18)29-2)27-22(28)26(15-23(27)10-11-23)20-8-6-17(7-9-20)19-13-24-25-14-19/h3-9,12-14,16H,10-11,15H2,1-2H3,(H,24,25)/t16-/m1/s1. The molecule has 1 aliphatic carbocycles. The lowest BCUT2D eigenvalue weighted by atomic mass is 10.0. The van der Waals surface area contributed by atoms with Gasteiger partial charge in [-0.05, 0) is 55.2 Å². The Balaban J connectivity index is 1.42. The van der Waals surface area contributed by atoms with Crippen LogP contribution in [-0.4, -0.2) is 40.3 Å². The Labute approximate surface area is 170 Å². The zero-order chi connectivity index (χ0) is 20.0. The number of anilines is 1. The lowest BCUT2D eigenvalue weighted by Crippen LogP contribution is -2.38.